The molecular formula is C15H18BrN3O2. The minimum Gasteiger partial charge on any atom is -0.338 e. The predicted molar refractivity (Wildman–Crippen MR) is 83.2 cm³/mol. The van der Waals surface area contributed by atoms with Gasteiger partial charge in [-0.2, -0.15) is 0 Å². The molecule has 5 nitrogen and oxygen atoms in total. The maximum atomic E-state index is 12.4. The number of nitrogens with zero attached hydrogens (tertiary/aromatic N) is 2. The lowest BCUT2D eigenvalue weighted by Crippen LogP contribution is -2.47. The van der Waals surface area contributed by atoms with Gasteiger partial charge in [0.05, 0.1) is 0 Å². The Kier molecular flexibility index (Phi) is 4.14. The molecule has 1 aromatic carbocycles. The van der Waals surface area contributed by atoms with Crippen LogP contribution in [0.15, 0.2) is 28.7 Å². The third-order valence-corrected chi connectivity index (χ3v) is 4.70. The lowest BCUT2D eigenvalue weighted by atomic mass is 10.0. The molecule has 3 amide bonds. The number of nitrogens with one attached hydrogen (secondary N) is 1. The average Bonchev–Trinajstić information content (AvgIpc) is 2.94. The van der Waals surface area contributed by atoms with Gasteiger partial charge in [0.15, 0.2) is 0 Å². The summed E-state index contributed by atoms with van der Waals surface area (Å²) >= 11 is 3.37. The van der Waals surface area contributed by atoms with Gasteiger partial charge in [0.2, 0.25) is 0 Å². The normalized spacial score (nSPS) is 19.8. The van der Waals surface area contributed by atoms with E-state index in [0.29, 0.717) is 13.1 Å². The minimum atomic E-state index is 0.0349. The third-order valence-electron chi connectivity index (χ3n) is 4.17. The number of hydrogen-bond acceptors (Lipinski definition) is 2. The molecule has 0 saturated carbocycles. The van der Waals surface area contributed by atoms with Gasteiger partial charge in [-0.1, -0.05) is 15.9 Å². The summed E-state index contributed by atoms with van der Waals surface area (Å²) in [4.78, 5) is 27.9. The Balaban J connectivity index is 1.59. The van der Waals surface area contributed by atoms with E-state index in [2.05, 4.69) is 21.2 Å². The van der Waals surface area contributed by atoms with Crippen LogP contribution in [0.25, 0.3) is 0 Å². The Morgan fingerprint density at radius 2 is 1.81 bits per heavy atom. The van der Waals surface area contributed by atoms with Crippen LogP contribution in [-0.4, -0.2) is 54.0 Å². The smallest absolute Gasteiger partial charge is 0.317 e. The van der Waals surface area contributed by atoms with Crippen molar-refractivity contribution in [2.24, 2.45) is 0 Å². The molecule has 21 heavy (non-hydrogen) atoms. The molecule has 0 aromatic heterocycles. The van der Waals surface area contributed by atoms with Crippen LogP contribution < -0.4 is 5.32 Å². The van der Waals surface area contributed by atoms with Crippen molar-refractivity contribution in [1.29, 1.82) is 0 Å². The first kappa shape index (κ1) is 14.4. The Hall–Kier alpha value is -1.56. The highest BCUT2D eigenvalue weighted by molar-refractivity contribution is 9.10. The summed E-state index contributed by atoms with van der Waals surface area (Å²) in [6.07, 6.45) is 1.71. The molecular weight excluding hydrogens is 334 g/mol. The van der Waals surface area contributed by atoms with Gasteiger partial charge in [-0.15, -0.1) is 0 Å². The molecule has 2 fully saturated rings. The predicted octanol–water partition coefficient (Wildman–Crippen LogP) is 2.08. The van der Waals surface area contributed by atoms with Crippen molar-refractivity contribution < 1.29 is 9.59 Å². The van der Waals surface area contributed by atoms with E-state index in [1.165, 1.54) is 0 Å². The third kappa shape index (κ3) is 3.05. The van der Waals surface area contributed by atoms with Gasteiger partial charge >= 0.3 is 6.03 Å². The number of likely N-dealkylation sites (tertiary alicyclic amines) is 1. The van der Waals surface area contributed by atoms with Gasteiger partial charge in [-0.3, -0.25) is 4.79 Å². The average molecular weight is 352 g/mol. The molecule has 0 unspecified atom stereocenters. The van der Waals surface area contributed by atoms with E-state index in [4.69, 9.17) is 0 Å². The Labute approximate surface area is 132 Å². The van der Waals surface area contributed by atoms with Crippen molar-refractivity contribution in [1.82, 2.24) is 15.1 Å². The fourth-order valence-electron chi connectivity index (χ4n) is 2.99. The van der Waals surface area contributed by atoms with Gasteiger partial charge in [-0.05, 0) is 37.1 Å². The van der Waals surface area contributed by atoms with Crippen molar-refractivity contribution in [2.45, 2.75) is 18.9 Å². The second-order valence-electron chi connectivity index (χ2n) is 5.46. The summed E-state index contributed by atoms with van der Waals surface area (Å²) in [5.74, 6) is 0.0758. The molecule has 1 N–H and O–H groups in total. The number of piperidine rings is 1. The molecule has 2 heterocycles. The minimum absolute atomic E-state index is 0.0349. The van der Waals surface area contributed by atoms with Gasteiger partial charge in [0.1, 0.15) is 0 Å². The zero-order valence-corrected chi connectivity index (χ0v) is 13.3. The van der Waals surface area contributed by atoms with E-state index >= 15 is 0 Å². The molecule has 6 heteroatoms. The van der Waals surface area contributed by atoms with Crippen molar-refractivity contribution in [3.63, 3.8) is 0 Å². The van der Waals surface area contributed by atoms with Crippen LogP contribution in [-0.2, 0) is 0 Å². The summed E-state index contributed by atoms with van der Waals surface area (Å²) in [6.45, 7) is 2.94. The number of carbonyl (C=O) groups excluding carboxylic acids is 2. The van der Waals surface area contributed by atoms with E-state index in [1.807, 2.05) is 34.1 Å². The van der Waals surface area contributed by atoms with Crippen LogP contribution in [0.1, 0.15) is 23.2 Å². The molecule has 2 aliphatic rings. The van der Waals surface area contributed by atoms with Crippen LogP contribution in [0.4, 0.5) is 4.79 Å². The second kappa shape index (κ2) is 6.05. The van der Waals surface area contributed by atoms with Crippen LogP contribution in [0, 0.1) is 0 Å². The van der Waals surface area contributed by atoms with E-state index in [9.17, 15) is 9.59 Å². The van der Waals surface area contributed by atoms with Crippen LogP contribution in [0.2, 0.25) is 0 Å². The fourth-order valence-corrected chi connectivity index (χ4v) is 3.25. The fraction of sp³-hybridized carbons (Fsp3) is 0.467. The second-order valence-corrected chi connectivity index (χ2v) is 6.37. The number of amides is 3. The van der Waals surface area contributed by atoms with Crippen LogP contribution >= 0.6 is 15.9 Å². The van der Waals surface area contributed by atoms with Crippen molar-refractivity contribution in [3.8, 4) is 0 Å². The number of rotatable bonds is 2. The zero-order chi connectivity index (χ0) is 14.8. The molecule has 2 saturated heterocycles. The summed E-state index contributed by atoms with van der Waals surface area (Å²) in [5, 5.41) is 2.83. The number of halogens is 1. The van der Waals surface area contributed by atoms with E-state index in [-0.39, 0.29) is 18.0 Å². The first-order valence-corrected chi connectivity index (χ1v) is 8.04. The van der Waals surface area contributed by atoms with Crippen LogP contribution in [0.5, 0.6) is 0 Å². The largest absolute Gasteiger partial charge is 0.338 e. The lowest BCUT2D eigenvalue weighted by molar-refractivity contribution is 0.0666. The Morgan fingerprint density at radius 3 is 2.38 bits per heavy atom. The van der Waals surface area contributed by atoms with Gasteiger partial charge < -0.3 is 15.1 Å². The zero-order valence-electron chi connectivity index (χ0n) is 11.7. The van der Waals surface area contributed by atoms with E-state index in [1.54, 1.807) is 0 Å². The topological polar surface area (TPSA) is 52.7 Å². The van der Waals surface area contributed by atoms with E-state index < -0.39 is 0 Å². The Bertz CT molecular complexity index is 538. The standard InChI is InChI=1S/C15H18BrN3O2/c16-12-3-1-11(2-4-12)14(20)18-8-5-13(6-9-18)19-10-7-17-15(19)21/h1-4,13H,5-10H2,(H,17,21). The highest BCUT2D eigenvalue weighted by Crippen LogP contribution is 2.20. The first-order chi connectivity index (χ1) is 10.1. The summed E-state index contributed by atoms with van der Waals surface area (Å²) in [5.41, 5.74) is 0.718. The summed E-state index contributed by atoms with van der Waals surface area (Å²) in [6, 6.07) is 7.75. The van der Waals surface area contributed by atoms with E-state index in [0.717, 1.165) is 36.0 Å². The molecule has 112 valence electrons. The number of hydrogen-bond donors (Lipinski definition) is 1. The quantitative estimate of drug-likeness (QED) is 0.886. The molecule has 1 aromatic rings. The molecule has 0 radical (unpaired) electrons. The Morgan fingerprint density at radius 1 is 1.14 bits per heavy atom. The molecule has 0 bridgehead atoms. The van der Waals surface area contributed by atoms with Gasteiger partial charge in [-0.25, -0.2) is 4.79 Å². The number of urea groups is 1. The SMILES string of the molecule is O=C(c1ccc(Br)cc1)N1CCC(N2CCNC2=O)CC1. The van der Waals surface area contributed by atoms with Gasteiger partial charge in [0.25, 0.3) is 5.91 Å². The molecule has 0 atom stereocenters. The van der Waals surface area contributed by atoms with Crippen molar-refractivity contribution in [2.75, 3.05) is 26.2 Å². The molecule has 2 aliphatic heterocycles. The van der Waals surface area contributed by atoms with Crippen LogP contribution in [0.3, 0.4) is 0 Å². The summed E-state index contributed by atoms with van der Waals surface area (Å²) in [7, 11) is 0. The maximum Gasteiger partial charge on any atom is 0.317 e. The highest BCUT2D eigenvalue weighted by Gasteiger charge is 2.31. The molecule has 0 aliphatic carbocycles. The number of benzene rings is 1. The lowest BCUT2D eigenvalue weighted by Gasteiger charge is -2.36. The maximum absolute atomic E-state index is 12.4. The monoisotopic (exact) mass is 351 g/mol. The van der Waals surface area contributed by atoms with Gasteiger partial charge in [0, 0.05) is 42.3 Å². The number of carbonyl (C=O) groups is 2. The van der Waals surface area contributed by atoms with Crippen molar-refractivity contribution in [3.05, 3.63) is 34.3 Å². The van der Waals surface area contributed by atoms with Crippen molar-refractivity contribution >= 4 is 27.9 Å². The highest BCUT2D eigenvalue weighted by atomic mass is 79.9. The summed E-state index contributed by atoms with van der Waals surface area (Å²) < 4.78 is 0.970. The first-order valence-electron chi connectivity index (χ1n) is 7.24. The molecule has 3 rings (SSSR count). The molecule has 0 spiro atoms.